The molecule has 0 saturated carbocycles. The predicted octanol–water partition coefficient (Wildman–Crippen LogP) is 2.97. The first-order valence-corrected chi connectivity index (χ1v) is 7.61. The Morgan fingerprint density at radius 2 is 0.923 bits per heavy atom. The van der Waals surface area contributed by atoms with Gasteiger partial charge in [-0.15, -0.1) is 0 Å². The molecule has 130 valence electrons. The fraction of sp³-hybridized carbons (Fsp3) is 0. The van der Waals surface area contributed by atoms with Crippen molar-refractivity contribution in [2.45, 2.75) is 0 Å². The summed E-state index contributed by atoms with van der Waals surface area (Å²) in [5, 5.41) is 38.9. The molecule has 3 rings (SSSR count). The summed E-state index contributed by atoms with van der Waals surface area (Å²) in [6.45, 7) is 0. The zero-order valence-corrected chi connectivity index (χ0v) is 13.4. The van der Waals surface area contributed by atoms with Crippen LogP contribution >= 0.6 is 0 Å². The van der Waals surface area contributed by atoms with Gasteiger partial charge in [0.05, 0.1) is 11.1 Å². The molecule has 0 aromatic heterocycles. The second-order valence-electron chi connectivity index (χ2n) is 5.61. The molecule has 0 unspecified atom stereocenters. The van der Waals surface area contributed by atoms with Crippen molar-refractivity contribution in [2.75, 3.05) is 0 Å². The van der Waals surface area contributed by atoms with E-state index >= 15 is 0 Å². The molecule has 0 amide bonds. The summed E-state index contributed by atoms with van der Waals surface area (Å²) in [4.78, 5) is 25.6. The number of rotatable bonds is 4. The van der Waals surface area contributed by atoms with E-state index in [1.54, 1.807) is 12.1 Å². The van der Waals surface area contributed by atoms with Crippen molar-refractivity contribution in [2.24, 2.45) is 0 Å². The largest absolute Gasteiger partial charge is 0.508 e. The Morgan fingerprint density at radius 1 is 0.538 bits per heavy atom. The van der Waals surface area contributed by atoms with Gasteiger partial charge in [0.15, 0.2) is 11.6 Å². The van der Waals surface area contributed by atoms with Gasteiger partial charge in [0.1, 0.15) is 23.0 Å². The minimum absolute atomic E-state index is 0.0128. The fourth-order valence-corrected chi connectivity index (χ4v) is 2.58. The highest BCUT2D eigenvalue weighted by Crippen LogP contribution is 2.29. The van der Waals surface area contributed by atoms with Crippen LogP contribution in [0.25, 0.3) is 0 Å². The molecule has 4 N–H and O–H groups in total. The third kappa shape index (κ3) is 3.08. The number of phenolic OH excluding ortho intramolecular Hbond substituents is 4. The van der Waals surface area contributed by atoms with Crippen LogP contribution in [0.3, 0.4) is 0 Å². The lowest BCUT2D eigenvalue weighted by Gasteiger charge is -2.10. The first kappa shape index (κ1) is 17.0. The Morgan fingerprint density at radius 3 is 1.31 bits per heavy atom. The molecule has 3 aromatic rings. The summed E-state index contributed by atoms with van der Waals surface area (Å²) in [5.41, 5.74) is -0.349. The molecule has 6 heteroatoms. The van der Waals surface area contributed by atoms with E-state index in [4.69, 9.17) is 0 Å². The molecule has 0 atom stereocenters. The number of aromatic hydroxyl groups is 4. The van der Waals surface area contributed by atoms with Crippen LogP contribution < -0.4 is 0 Å². The summed E-state index contributed by atoms with van der Waals surface area (Å²) >= 11 is 0. The second kappa shape index (κ2) is 6.60. The molecule has 0 aliphatic heterocycles. The van der Waals surface area contributed by atoms with Crippen LogP contribution in [-0.4, -0.2) is 32.0 Å². The Labute approximate surface area is 148 Å². The number of carbonyl (C=O) groups is 2. The van der Waals surface area contributed by atoms with Crippen LogP contribution in [-0.2, 0) is 0 Å². The van der Waals surface area contributed by atoms with Crippen LogP contribution in [0, 0.1) is 0 Å². The monoisotopic (exact) mass is 350 g/mol. The molecule has 6 nitrogen and oxygen atoms in total. The lowest BCUT2D eigenvalue weighted by Crippen LogP contribution is -2.11. The van der Waals surface area contributed by atoms with Crippen molar-refractivity contribution < 1.29 is 30.0 Å². The van der Waals surface area contributed by atoms with Crippen molar-refractivity contribution in [3.05, 3.63) is 82.9 Å². The third-order valence-corrected chi connectivity index (χ3v) is 3.87. The molecular formula is C20H14O6. The van der Waals surface area contributed by atoms with Gasteiger partial charge in [0, 0.05) is 11.1 Å². The highest BCUT2D eigenvalue weighted by atomic mass is 16.3. The standard InChI is InChI=1S/C20H14O6/c21-11-5-7-17(23)15(9-11)19(25)13-3-1-2-4-14(13)20(26)16-10-12(22)6-8-18(16)24/h1-10,21-24H. The van der Waals surface area contributed by atoms with Crippen molar-refractivity contribution in [3.63, 3.8) is 0 Å². The maximum atomic E-state index is 12.8. The van der Waals surface area contributed by atoms with Gasteiger partial charge in [-0.25, -0.2) is 0 Å². The van der Waals surface area contributed by atoms with E-state index in [0.717, 1.165) is 12.1 Å². The maximum Gasteiger partial charge on any atom is 0.197 e. The highest BCUT2D eigenvalue weighted by Gasteiger charge is 2.23. The SMILES string of the molecule is O=C(c1cc(O)ccc1O)c1ccccc1C(=O)c1cc(O)ccc1O. The molecule has 0 radical (unpaired) electrons. The van der Waals surface area contributed by atoms with E-state index in [2.05, 4.69) is 0 Å². The van der Waals surface area contributed by atoms with E-state index in [1.807, 2.05) is 0 Å². The van der Waals surface area contributed by atoms with Gasteiger partial charge in [-0.2, -0.15) is 0 Å². The molecular weight excluding hydrogens is 336 g/mol. The summed E-state index contributed by atoms with van der Waals surface area (Å²) in [6, 6.07) is 12.9. The van der Waals surface area contributed by atoms with E-state index in [9.17, 15) is 30.0 Å². The van der Waals surface area contributed by atoms with E-state index in [1.165, 1.54) is 36.4 Å². The van der Waals surface area contributed by atoms with Crippen LogP contribution in [0.5, 0.6) is 23.0 Å². The summed E-state index contributed by atoms with van der Waals surface area (Å²) in [5.74, 6) is -2.42. The summed E-state index contributed by atoms with van der Waals surface area (Å²) < 4.78 is 0. The zero-order chi connectivity index (χ0) is 18.8. The minimum Gasteiger partial charge on any atom is -0.508 e. The van der Waals surface area contributed by atoms with Gasteiger partial charge < -0.3 is 20.4 Å². The number of hydrogen-bond donors (Lipinski definition) is 4. The predicted molar refractivity (Wildman–Crippen MR) is 92.9 cm³/mol. The smallest absolute Gasteiger partial charge is 0.197 e. The van der Waals surface area contributed by atoms with Crippen LogP contribution in [0.2, 0.25) is 0 Å². The maximum absolute atomic E-state index is 12.8. The molecule has 0 spiro atoms. The van der Waals surface area contributed by atoms with Gasteiger partial charge in [-0.1, -0.05) is 24.3 Å². The fourth-order valence-electron chi connectivity index (χ4n) is 2.58. The molecule has 26 heavy (non-hydrogen) atoms. The van der Waals surface area contributed by atoms with Gasteiger partial charge in [-0.3, -0.25) is 9.59 Å². The van der Waals surface area contributed by atoms with Crippen molar-refractivity contribution in [1.82, 2.24) is 0 Å². The highest BCUT2D eigenvalue weighted by molar-refractivity contribution is 6.21. The summed E-state index contributed by atoms with van der Waals surface area (Å²) in [7, 11) is 0. The molecule has 3 aromatic carbocycles. The molecule has 0 bridgehead atoms. The average Bonchev–Trinajstić information content (AvgIpc) is 2.64. The summed E-state index contributed by atoms with van der Waals surface area (Å²) in [6.07, 6.45) is 0. The number of carbonyl (C=O) groups excluding carboxylic acids is 2. The molecule has 0 fully saturated rings. The Balaban J connectivity index is 2.12. The topological polar surface area (TPSA) is 115 Å². The lowest BCUT2D eigenvalue weighted by atomic mass is 9.92. The van der Waals surface area contributed by atoms with Gasteiger partial charge >= 0.3 is 0 Å². The molecule has 0 aliphatic carbocycles. The first-order chi connectivity index (χ1) is 12.4. The molecule has 0 aliphatic rings. The van der Waals surface area contributed by atoms with Gasteiger partial charge in [0.25, 0.3) is 0 Å². The number of hydrogen-bond acceptors (Lipinski definition) is 6. The average molecular weight is 350 g/mol. The van der Waals surface area contributed by atoms with Gasteiger partial charge in [0.2, 0.25) is 0 Å². The van der Waals surface area contributed by atoms with Crippen molar-refractivity contribution in [3.8, 4) is 23.0 Å². The second-order valence-corrected chi connectivity index (χ2v) is 5.61. The van der Waals surface area contributed by atoms with Crippen LogP contribution in [0.15, 0.2) is 60.7 Å². The van der Waals surface area contributed by atoms with Crippen LogP contribution in [0.4, 0.5) is 0 Å². The zero-order valence-electron chi connectivity index (χ0n) is 13.4. The van der Waals surface area contributed by atoms with Crippen LogP contribution in [0.1, 0.15) is 31.8 Å². The number of phenols is 4. The molecule has 0 heterocycles. The normalized spacial score (nSPS) is 10.5. The number of benzene rings is 3. The third-order valence-electron chi connectivity index (χ3n) is 3.87. The Bertz CT molecular complexity index is 940. The van der Waals surface area contributed by atoms with E-state index in [-0.39, 0.29) is 45.3 Å². The minimum atomic E-state index is -0.665. The van der Waals surface area contributed by atoms with Crippen molar-refractivity contribution in [1.29, 1.82) is 0 Å². The molecule has 0 saturated heterocycles. The Kier molecular flexibility index (Phi) is 4.33. The quantitative estimate of drug-likeness (QED) is 0.425. The lowest BCUT2D eigenvalue weighted by molar-refractivity contribution is 0.1000. The van der Waals surface area contributed by atoms with E-state index in [0.29, 0.717) is 0 Å². The van der Waals surface area contributed by atoms with Gasteiger partial charge in [-0.05, 0) is 36.4 Å². The first-order valence-electron chi connectivity index (χ1n) is 7.61. The Hall–Kier alpha value is -3.80. The number of ketones is 2. The van der Waals surface area contributed by atoms with Crippen molar-refractivity contribution >= 4 is 11.6 Å². The van der Waals surface area contributed by atoms with E-state index < -0.39 is 11.6 Å².